The molecule has 2 aromatic rings. The van der Waals surface area contributed by atoms with Crippen molar-refractivity contribution in [2.75, 3.05) is 17.2 Å². The molecule has 6 N–H and O–H groups in total. The van der Waals surface area contributed by atoms with Gasteiger partial charge in [0.15, 0.2) is 0 Å². The SMILES string of the molecule is CCCCC(NCCc1ccc(N)cc1)N(C(N)=O)c1ccc(O)cc1. The second-order valence-corrected chi connectivity index (χ2v) is 6.33. The summed E-state index contributed by atoms with van der Waals surface area (Å²) in [6.07, 6.45) is 3.41. The highest BCUT2D eigenvalue weighted by Crippen LogP contribution is 2.21. The summed E-state index contributed by atoms with van der Waals surface area (Å²) in [6, 6.07) is 13.8. The Kier molecular flexibility index (Phi) is 7.29. The van der Waals surface area contributed by atoms with Crippen LogP contribution in [-0.2, 0) is 6.42 Å². The number of anilines is 2. The highest BCUT2D eigenvalue weighted by molar-refractivity contribution is 5.91. The molecule has 140 valence electrons. The van der Waals surface area contributed by atoms with Crippen LogP contribution in [0.2, 0.25) is 0 Å². The molecule has 0 saturated heterocycles. The molecule has 26 heavy (non-hydrogen) atoms. The van der Waals surface area contributed by atoms with Gasteiger partial charge in [0.05, 0.1) is 6.17 Å². The third kappa shape index (κ3) is 5.67. The second kappa shape index (κ2) is 9.68. The Bertz CT molecular complexity index is 686. The van der Waals surface area contributed by atoms with E-state index in [4.69, 9.17) is 11.5 Å². The molecule has 6 heteroatoms. The van der Waals surface area contributed by atoms with E-state index in [1.54, 1.807) is 29.2 Å². The Hall–Kier alpha value is -2.73. The average molecular weight is 356 g/mol. The third-order valence-corrected chi connectivity index (χ3v) is 4.28. The van der Waals surface area contributed by atoms with Gasteiger partial charge in [-0.15, -0.1) is 0 Å². The van der Waals surface area contributed by atoms with Crippen molar-refractivity contribution in [2.24, 2.45) is 5.73 Å². The summed E-state index contributed by atoms with van der Waals surface area (Å²) in [6.45, 7) is 2.82. The van der Waals surface area contributed by atoms with Crippen LogP contribution >= 0.6 is 0 Å². The Balaban J connectivity index is 2.08. The number of benzene rings is 2. The Morgan fingerprint density at radius 3 is 2.38 bits per heavy atom. The Morgan fingerprint density at radius 1 is 1.15 bits per heavy atom. The molecular formula is C20H28N4O2. The number of carbonyl (C=O) groups is 1. The number of nitrogens with two attached hydrogens (primary N) is 2. The van der Waals surface area contributed by atoms with E-state index >= 15 is 0 Å². The predicted octanol–water partition coefficient (Wildman–Crippen LogP) is 3.21. The summed E-state index contributed by atoms with van der Waals surface area (Å²) in [5.41, 5.74) is 14.0. The zero-order valence-electron chi connectivity index (χ0n) is 15.2. The maximum Gasteiger partial charge on any atom is 0.320 e. The van der Waals surface area contributed by atoms with Crippen LogP contribution in [0.15, 0.2) is 48.5 Å². The molecule has 0 radical (unpaired) electrons. The maximum absolute atomic E-state index is 12.1. The molecule has 0 heterocycles. The van der Waals surface area contributed by atoms with Gasteiger partial charge in [-0.25, -0.2) is 4.79 Å². The molecule has 0 spiro atoms. The minimum atomic E-state index is -0.517. The molecule has 0 bridgehead atoms. The number of hydrogen-bond donors (Lipinski definition) is 4. The summed E-state index contributed by atoms with van der Waals surface area (Å²) in [4.78, 5) is 13.6. The largest absolute Gasteiger partial charge is 0.508 e. The lowest BCUT2D eigenvalue weighted by Crippen LogP contribution is -2.51. The predicted molar refractivity (Wildman–Crippen MR) is 106 cm³/mol. The zero-order valence-corrected chi connectivity index (χ0v) is 15.2. The van der Waals surface area contributed by atoms with Gasteiger partial charge in [-0.3, -0.25) is 10.2 Å². The van der Waals surface area contributed by atoms with Crippen LogP contribution in [0.25, 0.3) is 0 Å². The number of amides is 2. The van der Waals surface area contributed by atoms with Gasteiger partial charge >= 0.3 is 6.03 Å². The number of urea groups is 1. The van der Waals surface area contributed by atoms with Crippen molar-refractivity contribution < 1.29 is 9.90 Å². The van der Waals surface area contributed by atoms with Crippen LogP contribution in [0.3, 0.4) is 0 Å². The monoisotopic (exact) mass is 356 g/mol. The first-order chi connectivity index (χ1) is 12.5. The van der Waals surface area contributed by atoms with E-state index in [-0.39, 0.29) is 11.9 Å². The van der Waals surface area contributed by atoms with Gasteiger partial charge in [0.2, 0.25) is 0 Å². The molecule has 0 saturated carbocycles. The molecule has 2 amide bonds. The quantitative estimate of drug-likeness (QED) is 0.409. The lowest BCUT2D eigenvalue weighted by Gasteiger charge is -2.31. The van der Waals surface area contributed by atoms with Gasteiger partial charge in [-0.2, -0.15) is 0 Å². The van der Waals surface area contributed by atoms with E-state index in [0.717, 1.165) is 31.4 Å². The van der Waals surface area contributed by atoms with E-state index in [0.29, 0.717) is 12.2 Å². The highest BCUT2D eigenvalue weighted by atomic mass is 16.3. The van der Waals surface area contributed by atoms with Gasteiger partial charge in [0.25, 0.3) is 0 Å². The summed E-state index contributed by atoms with van der Waals surface area (Å²) >= 11 is 0. The summed E-state index contributed by atoms with van der Waals surface area (Å²) in [7, 11) is 0. The summed E-state index contributed by atoms with van der Waals surface area (Å²) in [5.74, 6) is 0.152. The minimum Gasteiger partial charge on any atom is -0.508 e. The summed E-state index contributed by atoms with van der Waals surface area (Å²) < 4.78 is 0. The fourth-order valence-corrected chi connectivity index (χ4v) is 2.86. The van der Waals surface area contributed by atoms with Crippen LogP contribution in [0, 0.1) is 0 Å². The van der Waals surface area contributed by atoms with Crippen molar-refractivity contribution in [1.82, 2.24) is 5.32 Å². The Labute approximate surface area is 154 Å². The number of rotatable bonds is 9. The number of carbonyl (C=O) groups excluding carboxylic acids is 1. The van der Waals surface area contributed by atoms with Gasteiger partial charge < -0.3 is 16.6 Å². The zero-order chi connectivity index (χ0) is 18.9. The molecule has 0 aliphatic heterocycles. The van der Waals surface area contributed by atoms with Crippen molar-refractivity contribution in [3.05, 3.63) is 54.1 Å². The van der Waals surface area contributed by atoms with E-state index in [1.807, 2.05) is 24.3 Å². The van der Waals surface area contributed by atoms with Crippen molar-refractivity contribution in [2.45, 2.75) is 38.8 Å². The van der Waals surface area contributed by atoms with Gasteiger partial charge in [-0.1, -0.05) is 31.9 Å². The fourth-order valence-electron chi connectivity index (χ4n) is 2.86. The van der Waals surface area contributed by atoms with Crippen LogP contribution in [0.4, 0.5) is 16.2 Å². The number of primary amides is 1. The number of aromatic hydroxyl groups is 1. The van der Waals surface area contributed by atoms with E-state index < -0.39 is 6.03 Å². The first-order valence-corrected chi connectivity index (χ1v) is 8.96. The molecule has 2 aromatic carbocycles. The third-order valence-electron chi connectivity index (χ3n) is 4.28. The molecule has 0 aliphatic rings. The number of hydrogen-bond acceptors (Lipinski definition) is 4. The molecule has 1 atom stereocenters. The lowest BCUT2D eigenvalue weighted by atomic mass is 10.1. The van der Waals surface area contributed by atoms with Crippen molar-refractivity contribution in [1.29, 1.82) is 0 Å². The van der Waals surface area contributed by atoms with Crippen LogP contribution in [-0.4, -0.2) is 23.8 Å². The van der Waals surface area contributed by atoms with Crippen molar-refractivity contribution >= 4 is 17.4 Å². The van der Waals surface area contributed by atoms with E-state index in [1.165, 1.54) is 5.56 Å². The van der Waals surface area contributed by atoms with Gasteiger partial charge in [0, 0.05) is 17.9 Å². The highest BCUT2D eigenvalue weighted by Gasteiger charge is 2.22. The number of phenolic OH excluding ortho intramolecular Hbond substituents is 1. The molecule has 0 aromatic heterocycles. The smallest absolute Gasteiger partial charge is 0.320 e. The minimum absolute atomic E-state index is 0.152. The number of nitrogens with zero attached hydrogens (tertiary/aromatic N) is 1. The number of nitrogens with one attached hydrogen (secondary N) is 1. The van der Waals surface area contributed by atoms with Crippen LogP contribution in [0.5, 0.6) is 5.75 Å². The molecule has 0 fully saturated rings. The standard InChI is InChI=1S/C20H28N4O2/c1-2-3-4-19(23-14-13-15-5-7-16(21)8-6-15)24(20(22)26)17-9-11-18(25)12-10-17/h5-12,19,23,25H,2-4,13-14,21H2,1H3,(H2,22,26). The number of nitrogen functional groups attached to an aromatic ring is 1. The lowest BCUT2D eigenvalue weighted by molar-refractivity contribution is 0.249. The van der Waals surface area contributed by atoms with Crippen molar-refractivity contribution in [3.63, 3.8) is 0 Å². The normalized spacial score (nSPS) is 11.9. The number of unbranched alkanes of at least 4 members (excludes halogenated alkanes) is 1. The van der Waals surface area contributed by atoms with Crippen LogP contribution < -0.4 is 21.7 Å². The van der Waals surface area contributed by atoms with Gasteiger partial charge in [0.1, 0.15) is 5.75 Å². The molecule has 0 aliphatic carbocycles. The van der Waals surface area contributed by atoms with E-state index in [2.05, 4.69) is 12.2 Å². The summed E-state index contributed by atoms with van der Waals surface area (Å²) in [5, 5.41) is 12.9. The molecule has 6 nitrogen and oxygen atoms in total. The first-order valence-electron chi connectivity index (χ1n) is 8.96. The topological polar surface area (TPSA) is 105 Å². The van der Waals surface area contributed by atoms with E-state index in [9.17, 15) is 9.90 Å². The first kappa shape index (κ1) is 19.6. The Morgan fingerprint density at radius 2 is 1.81 bits per heavy atom. The van der Waals surface area contributed by atoms with Crippen molar-refractivity contribution in [3.8, 4) is 5.75 Å². The average Bonchev–Trinajstić information content (AvgIpc) is 2.62. The second-order valence-electron chi connectivity index (χ2n) is 6.33. The van der Waals surface area contributed by atoms with Crippen LogP contribution in [0.1, 0.15) is 31.7 Å². The molecular weight excluding hydrogens is 328 g/mol. The van der Waals surface area contributed by atoms with Gasteiger partial charge in [-0.05, 0) is 54.8 Å². The molecule has 1 unspecified atom stereocenters. The maximum atomic E-state index is 12.1. The number of phenols is 1. The fraction of sp³-hybridized carbons (Fsp3) is 0.350. The molecule has 2 rings (SSSR count).